The Morgan fingerprint density at radius 2 is 2.00 bits per heavy atom. The fraction of sp³-hybridized carbons (Fsp3) is 0.385. The second-order valence-electron chi connectivity index (χ2n) is 5.40. The number of nitro groups is 1. The van der Waals surface area contributed by atoms with Gasteiger partial charge in [0.25, 0.3) is 21.6 Å². The number of carbonyl (C=O) groups is 1. The number of rotatable bonds is 4. The first-order valence-electron chi connectivity index (χ1n) is 7.31. The number of carbonyl (C=O) groups excluding carboxylic acids is 1. The Morgan fingerprint density at radius 1 is 1.36 bits per heavy atom. The van der Waals surface area contributed by atoms with Gasteiger partial charge in [0.05, 0.1) is 4.92 Å². The van der Waals surface area contributed by atoms with Gasteiger partial charge in [-0.3, -0.25) is 14.9 Å². The molecule has 1 amide bonds. The van der Waals surface area contributed by atoms with E-state index in [1.54, 1.807) is 0 Å². The summed E-state index contributed by atoms with van der Waals surface area (Å²) in [6.07, 6.45) is 1.33. The highest BCUT2D eigenvalue weighted by Crippen LogP contribution is 2.31. The number of thiocarbonyl (C=S) groups is 1. The molecule has 1 fully saturated rings. The minimum absolute atomic E-state index is 0.0377. The molecular weight excluding hydrogens is 370 g/mol. The maximum atomic E-state index is 13.0. The molecule has 1 aromatic rings. The smallest absolute Gasteiger partial charge is 0.289 e. The molecule has 0 bridgehead atoms. The number of hydrogen-bond acceptors (Lipinski definition) is 7. The van der Waals surface area contributed by atoms with Crippen molar-refractivity contribution < 1.29 is 18.1 Å². The fourth-order valence-corrected chi connectivity index (χ4v) is 4.56. The summed E-state index contributed by atoms with van der Waals surface area (Å²) in [5.74, 6) is 4.73. The molecule has 0 aliphatic carbocycles. The van der Waals surface area contributed by atoms with Crippen molar-refractivity contribution in [3.8, 4) is 0 Å². The van der Waals surface area contributed by atoms with Gasteiger partial charge in [0.1, 0.15) is 6.04 Å². The topological polar surface area (TPSA) is 153 Å². The number of amides is 1. The van der Waals surface area contributed by atoms with E-state index in [1.807, 2.05) is 0 Å². The van der Waals surface area contributed by atoms with E-state index < -0.39 is 42.6 Å². The van der Waals surface area contributed by atoms with Crippen LogP contribution in [0.1, 0.15) is 19.3 Å². The normalized spacial score (nSPS) is 18.5. The third-order valence-electron chi connectivity index (χ3n) is 3.86. The number of hydrazine groups is 1. The summed E-state index contributed by atoms with van der Waals surface area (Å²) in [5.41, 5.74) is 4.77. The number of hydrogen-bond donors (Lipinski definition) is 2. The molecule has 0 radical (unpaired) electrons. The first-order valence-corrected chi connectivity index (χ1v) is 9.16. The molecule has 0 spiro atoms. The van der Waals surface area contributed by atoms with Crippen LogP contribution in [-0.2, 0) is 14.8 Å². The highest BCUT2D eigenvalue weighted by molar-refractivity contribution is 7.89. The first kappa shape index (κ1) is 19.2. The molecule has 0 aromatic heterocycles. The molecule has 1 aromatic carbocycles. The highest BCUT2D eigenvalue weighted by atomic mass is 32.2. The summed E-state index contributed by atoms with van der Waals surface area (Å²) >= 11 is 4.64. The number of piperidine rings is 1. The molecule has 12 heteroatoms. The van der Waals surface area contributed by atoms with Crippen molar-refractivity contribution in [3.05, 3.63) is 34.4 Å². The molecule has 4 N–H and O–H groups in total. The minimum Gasteiger partial charge on any atom is -0.375 e. The van der Waals surface area contributed by atoms with Crippen LogP contribution in [0.4, 0.5) is 5.69 Å². The number of nitro benzene ring substituents is 1. The van der Waals surface area contributed by atoms with Crippen molar-refractivity contribution >= 4 is 38.9 Å². The minimum atomic E-state index is -4.29. The van der Waals surface area contributed by atoms with Gasteiger partial charge in [0, 0.05) is 12.6 Å². The number of sulfonamides is 1. The summed E-state index contributed by atoms with van der Waals surface area (Å²) in [6.45, 7) is 0.0377. The van der Waals surface area contributed by atoms with Gasteiger partial charge in [-0.1, -0.05) is 18.6 Å². The predicted octanol–water partition coefficient (Wildman–Crippen LogP) is 0.0839. The Bertz CT molecular complexity index is 813. The van der Waals surface area contributed by atoms with Crippen LogP contribution in [0, 0.1) is 10.1 Å². The quantitative estimate of drug-likeness (QED) is 0.242. The second kappa shape index (κ2) is 7.39. The average molecular weight is 387 g/mol. The van der Waals surface area contributed by atoms with E-state index in [0.717, 1.165) is 16.4 Å². The summed E-state index contributed by atoms with van der Waals surface area (Å²) in [7, 11) is -4.29. The molecule has 1 aliphatic rings. The second-order valence-corrected chi connectivity index (χ2v) is 7.68. The average Bonchev–Trinajstić information content (AvgIpc) is 2.60. The molecule has 25 heavy (non-hydrogen) atoms. The molecule has 10 nitrogen and oxygen atoms in total. The lowest BCUT2D eigenvalue weighted by molar-refractivity contribution is -0.387. The third kappa shape index (κ3) is 3.76. The maximum Gasteiger partial charge on any atom is 0.289 e. The van der Waals surface area contributed by atoms with Crippen LogP contribution in [0.5, 0.6) is 0 Å². The van der Waals surface area contributed by atoms with Crippen molar-refractivity contribution in [1.29, 1.82) is 0 Å². The predicted molar refractivity (Wildman–Crippen MR) is 92.4 cm³/mol. The van der Waals surface area contributed by atoms with Gasteiger partial charge in [-0.2, -0.15) is 4.31 Å². The monoisotopic (exact) mass is 387 g/mol. The van der Waals surface area contributed by atoms with E-state index in [-0.39, 0.29) is 13.0 Å². The van der Waals surface area contributed by atoms with Crippen molar-refractivity contribution in [2.75, 3.05) is 6.54 Å². The Morgan fingerprint density at radius 3 is 2.60 bits per heavy atom. The number of para-hydroxylation sites is 1. The summed E-state index contributed by atoms with van der Waals surface area (Å²) < 4.78 is 26.9. The Balaban J connectivity index is 2.47. The van der Waals surface area contributed by atoms with Crippen LogP contribution in [0.25, 0.3) is 0 Å². The maximum absolute atomic E-state index is 13.0. The summed E-state index contributed by atoms with van der Waals surface area (Å²) in [5, 5.41) is 11.3. The largest absolute Gasteiger partial charge is 0.375 e. The van der Waals surface area contributed by atoms with E-state index in [9.17, 15) is 23.3 Å². The van der Waals surface area contributed by atoms with Crippen molar-refractivity contribution in [1.82, 2.24) is 9.31 Å². The lowest BCUT2D eigenvalue weighted by Crippen LogP contribution is -2.57. The first-order chi connectivity index (χ1) is 11.7. The van der Waals surface area contributed by atoms with Crippen LogP contribution in [-0.4, -0.2) is 46.3 Å². The lowest BCUT2D eigenvalue weighted by atomic mass is 10.0. The summed E-state index contributed by atoms with van der Waals surface area (Å²) in [4.78, 5) is 22.3. The Labute approximate surface area is 149 Å². The molecule has 136 valence electrons. The Hall–Kier alpha value is -2.15. The van der Waals surface area contributed by atoms with Gasteiger partial charge >= 0.3 is 0 Å². The van der Waals surface area contributed by atoms with E-state index in [1.165, 1.54) is 12.1 Å². The van der Waals surface area contributed by atoms with E-state index >= 15 is 0 Å². The van der Waals surface area contributed by atoms with Gasteiger partial charge in [-0.15, -0.1) is 0 Å². The molecule has 1 heterocycles. The molecule has 1 aliphatic heterocycles. The van der Waals surface area contributed by atoms with Crippen LogP contribution in [0.3, 0.4) is 0 Å². The van der Waals surface area contributed by atoms with Crippen LogP contribution < -0.4 is 11.6 Å². The third-order valence-corrected chi connectivity index (χ3v) is 6.01. The van der Waals surface area contributed by atoms with Gasteiger partial charge in [-0.25, -0.2) is 19.3 Å². The van der Waals surface area contributed by atoms with Gasteiger partial charge in [-0.05, 0) is 31.1 Å². The van der Waals surface area contributed by atoms with Crippen molar-refractivity contribution in [3.63, 3.8) is 0 Å². The van der Waals surface area contributed by atoms with E-state index in [2.05, 4.69) is 12.2 Å². The zero-order chi connectivity index (χ0) is 18.8. The molecule has 1 saturated heterocycles. The number of nitrogens with two attached hydrogens (primary N) is 2. The van der Waals surface area contributed by atoms with Gasteiger partial charge in [0.15, 0.2) is 10.0 Å². The lowest BCUT2D eigenvalue weighted by Gasteiger charge is -2.34. The molecule has 0 saturated carbocycles. The Kier molecular flexibility index (Phi) is 5.67. The van der Waals surface area contributed by atoms with Gasteiger partial charge in [0.2, 0.25) is 0 Å². The number of benzene rings is 1. The molecule has 2 rings (SSSR count). The van der Waals surface area contributed by atoms with Crippen molar-refractivity contribution in [2.45, 2.75) is 30.2 Å². The zero-order valence-corrected chi connectivity index (χ0v) is 14.7. The van der Waals surface area contributed by atoms with Crippen LogP contribution >= 0.6 is 12.2 Å². The summed E-state index contributed by atoms with van der Waals surface area (Å²) in [6, 6.07) is 3.86. The molecule has 1 atom stereocenters. The standard InChI is InChI=1S/C13H17N5O5S2/c14-13(24)17(15)12(19)10-6-3-4-8-16(10)25(22,23)11-7-2-1-5-9(11)18(20)21/h1-2,5,7,10H,3-4,6,8,15H2,(H2,14,24). The zero-order valence-electron chi connectivity index (χ0n) is 13.1. The van der Waals surface area contributed by atoms with Gasteiger partial charge < -0.3 is 5.73 Å². The number of nitrogens with zero attached hydrogens (tertiary/aromatic N) is 3. The molecule has 1 unspecified atom stereocenters. The van der Waals surface area contributed by atoms with Crippen LogP contribution in [0.15, 0.2) is 29.2 Å². The van der Waals surface area contributed by atoms with Crippen LogP contribution in [0.2, 0.25) is 0 Å². The SMILES string of the molecule is NC(=S)N(N)C(=O)C1CCCCN1S(=O)(=O)c1ccccc1[N+](=O)[O-]. The molecular formula is C13H17N5O5S2. The van der Waals surface area contributed by atoms with E-state index in [0.29, 0.717) is 17.9 Å². The van der Waals surface area contributed by atoms with E-state index in [4.69, 9.17) is 11.6 Å². The van der Waals surface area contributed by atoms with Crippen molar-refractivity contribution in [2.24, 2.45) is 11.6 Å². The highest BCUT2D eigenvalue weighted by Gasteiger charge is 2.41. The fourth-order valence-electron chi connectivity index (χ4n) is 2.66.